The molecule has 0 aliphatic rings. The molecular formula is C17H11Cl2N3O4. The molecule has 0 spiro atoms. The molecule has 1 aromatic heterocycles. The van der Waals surface area contributed by atoms with Crippen molar-refractivity contribution in [1.82, 2.24) is 4.98 Å². The number of aromatic nitrogens is 1. The molecule has 7 nitrogen and oxygen atoms in total. The summed E-state index contributed by atoms with van der Waals surface area (Å²) in [7, 11) is 0. The minimum atomic E-state index is -0.697. The van der Waals surface area contributed by atoms with Crippen LogP contribution in [0.3, 0.4) is 0 Å². The number of aromatic amines is 1. The molecule has 0 saturated heterocycles. The summed E-state index contributed by atoms with van der Waals surface area (Å²) in [6.07, 6.45) is 1.29. The van der Waals surface area contributed by atoms with E-state index in [0.29, 0.717) is 21.5 Å². The molecule has 3 aromatic rings. The first-order chi connectivity index (χ1) is 12.3. The first-order valence-electron chi connectivity index (χ1n) is 7.35. The van der Waals surface area contributed by atoms with E-state index in [4.69, 9.17) is 23.2 Å². The van der Waals surface area contributed by atoms with Gasteiger partial charge in [0.1, 0.15) is 10.6 Å². The number of halogens is 2. The number of hydrogen-bond acceptors (Lipinski definition) is 4. The average Bonchev–Trinajstić information content (AvgIpc) is 2.60. The Morgan fingerprint density at radius 2 is 1.88 bits per heavy atom. The summed E-state index contributed by atoms with van der Waals surface area (Å²) in [5.74, 6) is -0.697. The molecule has 0 unspecified atom stereocenters. The fraction of sp³-hybridized carbons (Fsp3) is 0.0588. The third kappa shape index (κ3) is 3.14. The van der Waals surface area contributed by atoms with Crippen LogP contribution in [0.25, 0.3) is 10.9 Å². The second-order valence-electron chi connectivity index (χ2n) is 5.50. The number of hydrogen-bond donors (Lipinski definition) is 2. The molecule has 0 bridgehead atoms. The van der Waals surface area contributed by atoms with Crippen molar-refractivity contribution in [1.29, 1.82) is 0 Å². The van der Waals surface area contributed by atoms with Gasteiger partial charge in [0.25, 0.3) is 11.6 Å². The maximum atomic E-state index is 12.6. The quantitative estimate of drug-likeness (QED) is 0.512. The highest BCUT2D eigenvalue weighted by atomic mass is 35.5. The van der Waals surface area contributed by atoms with Crippen molar-refractivity contribution in [2.24, 2.45) is 0 Å². The summed E-state index contributed by atoms with van der Waals surface area (Å²) in [4.78, 5) is 38.2. The number of fused-ring (bicyclic) bond motifs is 1. The number of rotatable bonds is 3. The predicted molar refractivity (Wildman–Crippen MR) is 100 cm³/mol. The molecule has 0 saturated carbocycles. The Kier molecular flexibility index (Phi) is 4.67. The van der Waals surface area contributed by atoms with Gasteiger partial charge in [-0.3, -0.25) is 19.7 Å². The van der Waals surface area contributed by atoms with Crippen LogP contribution in [0.15, 0.2) is 41.3 Å². The van der Waals surface area contributed by atoms with Crippen molar-refractivity contribution < 1.29 is 9.72 Å². The number of carbonyl (C=O) groups excluding carboxylic acids is 1. The van der Waals surface area contributed by atoms with Crippen molar-refractivity contribution in [2.75, 3.05) is 5.32 Å². The van der Waals surface area contributed by atoms with Gasteiger partial charge in [0, 0.05) is 28.4 Å². The lowest BCUT2D eigenvalue weighted by molar-refractivity contribution is -0.384. The highest BCUT2D eigenvalue weighted by Gasteiger charge is 2.17. The third-order valence-corrected chi connectivity index (χ3v) is 4.62. The van der Waals surface area contributed by atoms with E-state index in [1.165, 1.54) is 24.4 Å². The third-order valence-electron chi connectivity index (χ3n) is 3.89. The van der Waals surface area contributed by atoms with Crippen LogP contribution in [0.4, 0.5) is 11.4 Å². The summed E-state index contributed by atoms with van der Waals surface area (Å²) in [5.41, 5.74) is 0.444. The number of nitro benzene ring substituents is 1. The van der Waals surface area contributed by atoms with Crippen LogP contribution in [0.5, 0.6) is 0 Å². The van der Waals surface area contributed by atoms with Crippen molar-refractivity contribution in [3.8, 4) is 0 Å². The smallest absolute Gasteiger partial charge is 0.289 e. The number of anilines is 1. The Balaban J connectivity index is 2.00. The Morgan fingerprint density at radius 1 is 1.19 bits per heavy atom. The standard InChI is InChI=1S/C17H11Cl2N3O4/c1-8-12(18)5-3-10-15(8)20-7-11(16(10)23)17(24)21-9-2-4-13(19)14(6-9)22(25)26/h2-7H,1H3,(H,20,23)(H,21,24). The molecular weight excluding hydrogens is 381 g/mol. The van der Waals surface area contributed by atoms with E-state index in [1.54, 1.807) is 13.0 Å². The molecule has 26 heavy (non-hydrogen) atoms. The van der Waals surface area contributed by atoms with Crippen LogP contribution in [0, 0.1) is 17.0 Å². The van der Waals surface area contributed by atoms with Crippen LogP contribution in [-0.2, 0) is 0 Å². The monoisotopic (exact) mass is 391 g/mol. The van der Waals surface area contributed by atoms with Crippen LogP contribution in [-0.4, -0.2) is 15.8 Å². The number of nitrogens with one attached hydrogen (secondary N) is 2. The summed E-state index contributed by atoms with van der Waals surface area (Å²) in [5, 5.41) is 14.2. The first kappa shape index (κ1) is 17.9. The number of nitro groups is 1. The van der Waals surface area contributed by atoms with Crippen molar-refractivity contribution in [3.63, 3.8) is 0 Å². The Bertz CT molecular complexity index is 1120. The van der Waals surface area contributed by atoms with Gasteiger partial charge in [-0.2, -0.15) is 0 Å². The van der Waals surface area contributed by atoms with Gasteiger partial charge >= 0.3 is 0 Å². The van der Waals surface area contributed by atoms with Crippen molar-refractivity contribution in [2.45, 2.75) is 6.92 Å². The van der Waals surface area contributed by atoms with Gasteiger partial charge in [-0.1, -0.05) is 23.2 Å². The summed E-state index contributed by atoms with van der Waals surface area (Å²) in [6.45, 7) is 1.76. The fourth-order valence-electron chi connectivity index (χ4n) is 2.51. The summed E-state index contributed by atoms with van der Waals surface area (Å²) >= 11 is 11.8. The normalized spacial score (nSPS) is 10.7. The van der Waals surface area contributed by atoms with Gasteiger partial charge in [-0.05, 0) is 36.8 Å². The van der Waals surface area contributed by atoms with E-state index in [-0.39, 0.29) is 22.0 Å². The second-order valence-corrected chi connectivity index (χ2v) is 6.32. The fourth-order valence-corrected chi connectivity index (χ4v) is 2.86. The molecule has 3 rings (SSSR count). The number of pyridine rings is 1. The lowest BCUT2D eigenvalue weighted by atomic mass is 10.1. The zero-order chi connectivity index (χ0) is 19.0. The minimum Gasteiger partial charge on any atom is -0.360 e. The highest BCUT2D eigenvalue weighted by Crippen LogP contribution is 2.27. The number of H-pyrrole nitrogens is 1. The molecule has 2 aromatic carbocycles. The number of nitrogens with zero attached hydrogens (tertiary/aromatic N) is 1. The largest absolute Gasteiger partial charge is 0.360 e. The van der Waals surface area contributed by atoms with Gasteiger partial charge in [0.05, 0.1) is 10.4 Å². The van der Waals surface area contributed by atoms with Gasteiger partial charge in [-0.25, -0.2) is 0 Å². The molecule has 1 amide bonds. The van der Waals surface area contributed by atoms with E-state index < -0.39 is 16.3 Å². The zero-order valence-electron chi connectivity index (χ0n) is 13.3. The van der Waals surface area contributed by atoms with Gasteiger partial charge in [0.15, 0.2) is 0 Å². The summed E-state index contributed by atoms with van der Waals surface area (Å²) in [6, 6.07) is 6.95. The van der Waals surface area contributed by atoms with Gasteiger partial charge in [-0.15, -0.1) is 0 Å². The molecule has 0 radical (unpaired) electrons. The molecule has 132 valence electrons. The molecule has 0 atom stereocenters. The highest BCUT2D eigenvalue weighted by molar-refractivity contribution is 6.33. The molecule has 0 fully saturated rings. The van der Waals surface area contributed by atoms with Crippen LogP contribution < -0.4 is 10.7 Å². The topological polar surface area (TPSA) is 105 Å². The van der Waals surface area contributed by atoms with E-state index in [9.17, 15) is 19.7 Å². The number of amides is 1. The van der Waals surface area contributed by atoms with Crippen LogP contribution in [0.1, 0.15) is 15.9 Å². The first-order valence-corrected chi connectivity index (χ1v) is 8.11. The van der Waals surface area contributed by atoms with Crippen molar-refractivity contribution in [3.05, 3.63) is 78.0 Å². The number of carbonyl (C=O) groups is 1. The van der Waals surface area contributed by atoms with Gasteiger partial charge in [0.2, 0.25) is 5.43 Å². The maximum Gasteiger partial charge on any atom is 0.289 e. The Labute approximate surface area is 156 Å². The average molecular weight is 392 g/mol. The maximum absolute atomic E-state index is 12.6. The predicted octanol–water partition coefficient (Wildman–Crippen LogP) is 4.30. The number of benzene rings is 2. The van der Waals surface area contributed by atoms with E-state index >= 15 is 0 Å². The lowest BCUT2D eigenvalue weighted by Crippen LogP contribution is -2.22. The second kappa shape index (κ2) is 6.78. The molecule has 0 aliphatic heterocycles. The van der Waals surface area contributed by atoms with Crippen LogP contribution in [0.2, 0.25) is 10.0 Å². The molecule has 0 aliphatic carbocycles. The minimum absolute atomic E-state index is 0.0519. The molecule has 2 N–H and O–H groups in total. The van der Waals surface area contributed by atoms with E-state index in [1.807, 2.05) is 0 Å². The molecule has 1 heterocycles. The molecule has 9 heteroatoms. The lowest BCUT2D eigenvalue weighted by Gasteiger charge is -2.08. The van der Waals surface area contributed by atoms with Crippen molar-refractivity contribution >= 4 is 51.4 Å². The summed E-state index contributed by atoms with van der Waals surface area (Å²) < 4.78 is 0. The van der Waals surface area contributed by atoms with Gasteiger partial charge < -0.3 is 10.3 Å². The number of aryl methyl sites for hydroxylation is 1. The Hall–Kier alpha value is -2.90. The zero-order valence-corrected chi connectivity index (χ0v) is 14.8. The van der Waals surface area contributed by atoms with Crippen LogP contribution >= 0.6 is 23.2 Å². The SMILES string of the molecule is Cc1c(Cl)ccc2c(=O)c(C(=O)Nc3ccc(Cl)c([N+](=O)[O-])c3)c[nH]c12. The van der Waals surface area contributed by atoms with E-state index in [0.717, 1.165) is 6.07 Å². The Morgan fingerprint density at radius 3 is 2.58 bits per heavy atom. The van der Waals surface area contributed by atoms with E-state index in [2.05, 4.69) is 10.3 Å².